The number of aryl methyl sites for hydroxylation is 1. The van der Waals surface area contributed by atoms with Gasteiger partial charge in [0.1, 0.15) is 5.01 Å². The van der Waals surface area contributed by atoms with E-state index in [0.29, 0.717) is 5.88 Å². The maximum atomic E-state index is 5.74. The van der Waals surface area contributed by atoms with Crippen molar-refractivity contribution in [3.8, 4) is 0 Å². The Morgan fingerprint density at radius 2 is 2.31 bits per heavy atom. The minimum atomic E-state index is 0.562. The van der Waals surface area contributed by atoms with E-state index in [2.05, 4.69) is 36.2 Å². The first kappa shape index (κ1) is 12.0. The molecule has 0 aliphatic carbocycles. The third kappa shape index (κ3) is 3.24. The molecule has 0 radical (unpaired) electrons. The summed E-state index contributed by atoms with van der Waals surface area (Å²) < 4.78 is 0. The van der Waals surface area contributed by atoms with Crippen molar-refractivity contribution in [2.24, 2.45) is 0 Å². The zero-order chi connectivity index (χ0) is 11.4. The van der Waals surface area contributed by atoms with Crippen molar-refractivity contribution in [3.63, 3.8) is 0 Å². The number of halogens is 1. The summed E-state index contributed by atoms with van der Waals surface area (Å²) >= 11 is 9.25. The van der Waals surface area contributed by atoms with Gasteiger partial charge in [-0.25, -0.2) is 4.98 Å². The van der Waals surface area contributed by atoms with E-state index in [1.807, 2.05) is 18.0 Å². The van der Waals surface area contributed by atoms with Crippen LogP contribution in [0.15, 0.2) is 35.4 Å². The fourth-order valence-corrected chi connectivity index (χ4v) is 3.35. The van der Waals surface area contributed by atoms with Crippen molar-refractivity contribution in [2.45, 2.75) is 23.5 Å². The second-order valence-corrected chi connectivity index (χ2v) is 5.97. The van der Waals surface area contributed by atoms with Crippen molar-refractivity contribution >= 4 is 34.7 Å². The Kier molecular flexibility index (Phi) is 4.27. The lowest BCUT2D eigenvalue weighted by Gasteiger charge is -2.00. The Morgan fingerprint density at radius 3 is 3.00 bits per heavy atom. The van der Waals surface area contributed by atoms with Crippen molar-refractivity contribution < 1.29 is 0 Å². The maximum Gasteiger partial charge on any atom is 0.103 e. The molecule has 0 fully saturated rings. The standard InChI is InChI=1S/C12H12ClNS2/c1-9-3-2-4-10(5-9)15-8-12-14-7-11(6-13)16-12/h2-5,7H,6,8H2,1H3. The molecule has 0 aliphatic rings. The van der Waals surface area contributed by atoms with Crippen LogP contribution in [0.5, 0.6) is 0 Å². The zero-order valence-corrected chi connectivity index (χ0v) is 11.3. The van der Waals surface area contributed by atoms with Gasteiger partial charge in [0.15, 0.2) is 0 Å². The second-order valence-electron chi connectivity index (χ2n) is 3.46. The predicted octanol–water partition coefficient (Wildman–Crippen LogP) is 4.48. The number of thiazole rings is 1. The van der Waals surface area contributed by atoms with E-state index < -0.39 is 0 Å². The first-order valence-corrected chi connectivity index (χ1v) is 7.30. The van der Waals surface area contributed by atoms with Gasteiger partial charge >= 0.3 is 0 Å². The van der Waals surface area contributed by atoms with Gasteiger partial charge in [0.25, 0.3) is 0 Å². The van der Waals surface area contributed by atoms with Crippen LogP contribution in [0.4, 0.5) is 0 Å². The summed E-state index contributed by atoms with van der Waals surface area (Å²) in [6.07, 6.45) is 1.86. The van der Waals surface area contributed by atoms with Gasteiger partial charge in [0.05, 0.1) is 11.6 Å². The normalized spacial score (nSPS) is 10.6. The van der Waals surface area contributed by atoms with Crippen LogP contribution in [0.3, 0.4) is 0 Å². The van der Waals surface area contributed by atoms with Crippen molar-refractivity contribution in [1.82, 2.24) is 4.98 Å². The molecule has 84 valence electrons. The molecule has 0 saturated carbocycles. The summed E-state index contributed by atoms with van der Waals surface area (Å²) in [5.74, 6) is 1.48. The molecule has 0 bridgehead atoms. The molecular weight excluding hydrogens is 258 g/mol. The van der Waals surface area contributed by atoms with Gasteiger partial charge in [-0.15, -0.1) is 34.7 Å². The van der Waals surface area contributed by atoms with Gasteiger partial charge in [-0.1, -0.05) is 17.7 Å². The Bertz CT molecular complexity index is 468. The summed E-state index contributed by atoms with van der Waals surface area (Å²) in [5, 5.41) is 1.14. The van der Waals surface area contributed by atoms with E-state index in [1.165, 1.54) is 10.5 Å². The van der Waals surface area contributed by atoms with Gasteiger partial charge in [-0.2, -0.15) is 0 Å². The average molecular weight is 270 g/mol. The van der Waals surface area contributed by atoms with Crippen LogP contribution in [0.1, 0.15) is 15.4 Å². The highest BCUT2D eigenvalue weighted by molar-refractivity contribution is 7.98. The van der Waals surface area contributed by atoms with Crippen LogP contribution in [-0.2, 0) is 11.6 Å². The number of aromatic nitrogens is 1. The van der Waals surface area contributed by atoms with Gasteiger partial charge < -0.3 is 0 Å². The monoisotopic (exact) mass is 269 g/mol. The zero-order valence-electron chi connectivity index (χ0n) is 8.94. The van der Waals surface area contributed by atoms with Crippen LogP contribution >= 0.6 is 34.7 Å². The molecular formula is C12H12ClNS2. The van der Waals surface area contributed by atoms with Gasteiger partial charge in [0, 0.05) is 16.0 Å². The number of rotatable bonds is 4. The lowest BCUT2D eigenvalue weighted by atomic mass is 10.2. The lowest BCUT2D eigenvalue weighted by molar-refractivity contribution is 1.25. The molecule has 1 nitrogen and oxygen atoms in total. The summed E-state index contributed by atoms with van der Waals surface area (Å²) in [6.45, 7) is 2.11. The Morgan fingerprint density at radius 1 is 1.44 bits per heavy atom. The van der Waals surface area contributed by atoms with Crippen LogP contribution in [0, 0.1) is 6.92 Å². The summed E-state index contributed by atoms with van der Waals surface area (Å²) in [4.78, 5) is 6.77. The molecule has 0 N–H and O–H groups in total. The average Bonchev–Trinajstić information content (AvgIpc) is 2.74. The number of nitrogens with zero attached hydrogens (tertiary/aromatic N) is 1. The molecule has 0 atom stereocenters. The van der Waals surface area contributed by atoms with Crippen molar-refractivity contribution in [2.75, 3.05) is 0 Å². The number of thioether (sulfide) groups is 1. The maximum absolute atomic E-state index is 5.74. The van der Waals surface area contributed by atoms with E-state index in [1.54, 1.807) is 11.3 Å². The Labute approximate surface area is 109 Å². The first-order valence-electron chi connectivity index (χ1n) is 4.97. The molecule has 0 aliphatic heterocycles. The van der Waals surface area contributed by atoms with Gasteiger partial charge in [-0.3, -0.25) is 0 Å². The first-order chi connectivity index (χ1) is 7.78. The molecule has 1 heterocycles. The molecule has 0 amide bonds. The molecule has 4 heteroatoms. The van der Waals surface area contributed by atoms with E-state index in [0.717, 1.165) is 15.6 Å². The SMILES string of the molecule is Cc1cccc(SCc2ncc(CCl)s2)c1. The van der Waals surface area contributed by atoms with E-state index in [-0.39, 0.29) is 0 Å². The Hall–Kier alpha value is -0.510. The minimum Gasteiger partial charge on any atom is -0.248 e. The predicted molar refractivity (Wildman–Crippen MR) is 72.4 cm³/mol. The lowest BCUT2D eigenvalue weighted by Crippen LogP contribution is -1.78. The second kappa shape index (κ2) is 5.71. The molecule has 0 unspecified atom stereocenters. The van der Waals surface area contributed by atoms with Crippen LogP contribution in [-0.4, -0.2) is 4.98 Å². The van der Waals surface area contributed by atoms with Gasteiger partial charge in [-0.05, 0) is 19.1 Å². The summed E-state index contributed by atoms with van der Waals surface area (Å²) in [5.41, 5.74) is 1.30. The largest absolute Gasteiger partial charge is 0.248 e. The molecule has 0 saturated heterocycles. The van der Waals surface area contributed by atoms with Crippen LogP contribution < -0.4 is 0 Å². The van der Waals surface area contributed by atoms with Gasteiger partial charge in [0.2, 0.25) is 0 Å². The van der Waals surface area contributed by atoms with Crippen molar-refractivity contribution in [3.05, 3.63) is 45.9 Å². The Balaban J connectivity index is 1.96. The van der Waals surface area contributed by atoms with Crippen LogP contribution in [0.25, 0.3) is 0 Å². The third-order valence-corrected chi connectivity index (χ3v) is 4.72. The molecule has 1 aromatic carbocycles. The fraction of sp³-hybridized carbons (Fsp3) is 0.250. The smallest absolute Gasteiger partial charge is 0.103 e. The molecule has 16 heavy (non-hydrogen) atoms. The van der Waals surface area contributed by atoms with E-state index in [4.69, 9.17) is 11.6 Å². The number of benzene rings is 1. The summed E-state index contributed by atoms with van der Waals surface area (Å²) in [6, 6.07) is 8.53. The number of alkyl halides is 1. The highest BCUT2D eigenvalue weighted by atomic mass is 35.5. The molecule has 2 rings (SSSR count). The third-order valence-electron chi connectivity index (χ3n) is 2.08. The van der Waals surface area contributed by atoms with E-state index >= 15 is 0 Å². The fourth-order valence-electron chi connectivity index (χ4n) is 1.33. The van der Waals surface area contributed by atoms with E-state index in [9.17, 15) is 0 Å². The highest BCUT2D eigenvalue weighted by Crippen LogP contribution is 2.26. The molecule has 2 aromatic rings. The minimum absolute atomic E-state index is 0.562. The molecule has 1 aromatic heterocycles. The van der Waals surface area contributed by atoms with Crippen molar-refractivity contribution in [1.29, 1.82) is 0 Å². The number of hydrogen-bond acceptors (Lipinski definition) is 3. The topological polar surface area (TPSA) is 12.9 Å². The number of hydrogen-bond donors (Lipinski definition) is 0. The highest BCUT2D eigenvalue weighted by Gasteiger charge is 2.02. The quantitative estimate of drug-likeness (QED) is 0.599. The molecule has 0 spiro atoms. The summed E-state index contributed by atoms with van der Waals surface area (Å²) in [7, 11) is 0. The van der Waals surface area contributed by atoms with Crippen LogP contribution in [0.2, 0.25) is 0 Å².